The topological polar surface area (TPSA) is 81.7 Å². The number of hydrogen-bond donors (Lipinski definition) is 1. The first kappa shape index (κ1) is 19.6. The van der Waals surface area contributed by atoms with Crippen molar-refractivity contribution in [3.63, 3.8) is 0 Å². The van der Waals surface area contributed by atoms with Gasteiger partial charge in [-0.2, -0.15) is 0 Å². The maximum absolute atomic E-state index is 12.2. The van der Waals surface area contributed by atoms with E-state index in [0.717, 1.165) is 0 Å². The predicted octanol–water partition coefficient (Wildman–Crippen LogP) is 1.72. The lowest BCUT2D eigenvalue weighted by Crippen LogP contribution is -2.61. The lowest BCUT2D eigenvalue weighted by atomic mass is 9.92. The zero-order valence-corrected chi connectivity index (χ0v) is 14.2. The molecule has 0 aromatic rings. The molecule has 0 saturated heterocycles. The van der Waals surface area contributed by atoms with E-state index in [2.05, 4.69) is 21.2 Å². The summed E-state index contributed by atoms with van der Waals surface area (Å²) in [7, 11) is 0. The molecule has 0 atom stereocenters. The Morgan fingerprint density at radius 3 is 2.00 bits per heavy atom. The number of halogens is 1. The minimum Gasteiger partial charge on any atom is -0.464 e. The second-order valence-electron chi connectivity index (χ2n) is 4.19. The zero-order valence-electron chi connectivity index (χ0n) is 12.6. The Morgan fingerprint density at radius 1 is 1.10 bits per heavy atom. The minimum atomic E-state index is -1.80. The fraction of sp³-hybridized carbons (Fsp3) is 0.643. The second-order valence-corrected chi connectivity index (χ2v) is 4.84. The third kappa shape index (κ3) is 6.29. The van der Waals surface area contributed by atoms with E-state index in [1.165, 1.54) is 6.92 Å². The van der Waals surface area contributed by atoms with Gasteiger partial charge in [0.25, 0.3) is 0 Å². The molecule has 0 rings (SSSR count). The van der Waals surface area contributed by atoms with Gasteiger partial charge >= 0.3 is 11.9 Å². The fourth-order valence-electron chi connectivity index (χ4n) is 1.74. The van der Waals surface area contributed by atoms with Gasteiger partial charge in [-0.15, -0.1) is 0 Å². The van der Waals surface area contributed by atoms with Gasteiger partial charge in [0.2, 0.25) is 11.4 Å². The van der Waals surface area contributed by atoms with Crippen LogP contribution in [0.2, 0.25) is 0 Å². The van der Waals surface area contributed by atoms with Gasteiger partial charge in [0, 0.05) is 12.3 Å². The number of rotatable bonds is 9. The lowest BCUT2D eigenvalue weighted by Gasteiger charge is -2.29. The van der Waals surface area contributed by atoms with Gasteiger partial charge in [0.1, 0.15) is 0 Å². The highest BCUT2D eigenvalue weighted by Crippen LogP contribution is 2.19. The van der Waals surface area contributed by atoms with Crippen LogP contribution in [0.5, 0.6) is 0 Å². The van der Waals surface area contributed by atoms with E-state index in [1.807, 2.05) is 12.2 Å². The molecule has 0 radical (unpaired) electrons. The van der Waals surface area contributed by atoms with Crippen LogP contribution < -0.4 is 5.32 Å². The smallest absolute Gasteiger partial charge is 0.343 e. The van der Waals surface area contributed by atoms with Gasteiger partial charge in [-0.25, -0.2) is 9.59 Å². The Morgan fingerprint density at radius 2 is 1.62 bits per heavy atom. The van der Waals surface area contributed by atoms with Crippen LogP contribution in [0.4, 0.5) is 0 Å². The van der Waals surface area contributed by atoms with Gasteiger partial charge < -0.3 is 14.8 Å². The van der Waals surface area contributed by atoms with Gasteiger partial charge in [-0.1, -0.05) is 28.1 Å². The van der Waals surface area contributed by atoms with Crippen molar-refractivity contribution in [3.8, 4) is 0 Å². The number of hydrogen-bond acceptors (Lipinski definition) is 5. The summed E-state index contributed by atoms with van der Waals surface area (Å²) >= 11 is 3.24. The average molecular weight is 364 g/mol. The molecular formula is C14H22BrNO5. The summed E-state index contributed by atoms with van der Waals surface area (Å²) in [6.45, 7) is 4.72. The summed E-state index contributed by atoms with van der Waals surface area (Å²) in [4.78, 5) is 35.8. The molecule has 6 nitrogen and oxygen atoms in total. The Hall–Kier alpha value is -1.37. The molecule has 0 aliphatic carbocycles. The van der Waals surface area contributed by atoms with Gasteiger partial charge in [-0.05, 0) is 26.7 Å². The van der Waals surface area contributed by atoms with Crippen molar-refractivity contribution in [2.45, 2.75) is 39.2 Å². The Labute approximate surface area is 133 Å². The highest BCUT2D eigenvalue weighted by molar-refractivity contribution is 9.09. The normalized spacial score (nSPS) is 11.2. The Balaban J connectivity index is 5.37. The zero-order chi connectivity index (χ0) is 16.3. The summed E-state index contributed by atoms with van der Waals surface area (Å²) in [5.41, 5.74) is -1.80. The molecule has 7 heteroatoms. The largest absolute Gasteiger partial charge is 0.464 e. The molecule has 0 saturated carbocycles. The highest BCUT2D eigenvalue weighted by atomic mass is 79.9. The number of carbonyl (C=O) groups excluding carboxylic acids is 3. The Kier molecular flexibility index (Phi) is 9.69. The molecule has 0 aliphatic heterocycles. The molecule has 0 unspecified atom stereocenters. The van der Waals surface area contributed by atoms with Crippen molar-refractivity contribution < 1.29 is 23.9 Å². The SMILES string of the molecule is CCOC(=O)C(CC/C=C/CBr)(NC(C)=O)C(=O)OCC. The summed E-state index contributed by atoms with van der Waals surface area (Å²) in [6, 6.07) is 0. The van der Waals surface area contributed by atoms with Crippen LogP contribution in [0.3, 0.4) is 0 Å². The molecule has 0 fully saturated rings. The van der Waals surface area contributed by atoms with E-state index in [1.54, 1.807) is 13.8 Å². The molecule has 0 aliphatic rings. The number of alkyl halides is 1. The van der Waals surface area contributed by atoms with Crippen LogP contribution in [0.1, 0.15) is 33.6 Å². The molecule has 0 heterocycles. The van der Waals surface area contributed by atoms with Crippen LogP contribution in [-0.4, -0.2) is 41.9 Å². The van der Waals surface area contributed by atoms with E-state index in [-0.39, 0.29) is 19.6 Å². The van der Waals surface area contributed by atoms with Crippen molar-refractivity contribution >= 4 is 33.8 Å². The maximum Gasteiger partial charge on any atom is 0.343 e. The van der Waals surface area contributed by atoms with E-state index in [9.17, 15) is 14.4 Å². The van der Waals surface area contributed by atoms with Crippen LogP contribution in [0.25, 0.3) is 0 Å². The van der Waals surface area contributed by atoms with E-state index in [0.29, 0.717) is 11.8 Å². The first-order valence-corrected chi connectivity index (χ1v) is 7.90. The predicted molar refractivity (Wildman–Crippen MR) is 82.0 cm³/mol. The van der Waals surface area contributed by atoms with Crippen LogP contribution in [0.15, 0.2) is 12.2 Å². The number of nitrogens with one attached hydrogen (secondary N) is 1. The van der Waals surface area contributed by atoms with Crippen LogP contribution in [0, 0.1) is 0 Å². The third-order valence-corrected chi connectivity index (χ3v) is 2.95. The van der Waals surface area contributed by atoms with E-state index in [4.69, 9.17) is 9.47 Å². The molecule has 0 aromatic carbocycles. The van der Waals surface area contributed by atoms with Gasteiger partial charge in [0.15, 0.2) is 0 Å². The minimum absolute atomic E-state index is 0.0771. The maximum atomic E-state index is 12.2. The number of esters is 2. The van der Waals surface area contributed by atoms with Crippen molar-refractivity contribution in [2.24, 2.45) is 0 Å². The van der Waals surface area contributed by atoms with Gasteiger partial charge in [0.05, 0.1) is 13.2 Å². The number of ether oxygens (including phenoxy) is 2. The molecule has 1 N–H and O–H groups in total. The molecule has 120 valence electrons. The first-order chi connectivity index (χ1) is 9.94. The van der Waals surface area contributed by atoms with Crippen molar-refractivity contribution in [1.29, 1.82) is 0 Å². The molecular weight excluding hydrogens is 342 g/mol. The summed E-state index contributed by atoms with van der Waals surface area (Å²) in [5, 5.41) is 3.07. The number of carbonyl (C=O) groups is 3. The van der Waals surface area contributed by atoms with Crippen molar-refractivity contribution in [3.05, 3.63) is 12.2 Å². The summed E-state index contributed by atoms with van der Waals surface area (Å²) in [5.74, 6) is -2.10. The van der Waals surface area contributed by atoms with Crippen molar-refractivity contribution in [2.75, 3.05) is 18.5 Å². The molecule has 21 heavy (non-hydrogen) atoms. The lowest BCUT2D eigenvalue weighted by molar-refractivity contribution is -0.168. The van der Waals surface area contributed by atoms with E-state index >= 15 is 0 Å². The standard InChI is InChI=1S/C14H22BrNO5/c1-4-20-12(18)14(16-11(3)17,13(19)21-5-2)9-7-6-8-10-15/h6,8H,4-5,7,9-10H2,1-3H3,(H,16,17)/b8-6+. The monoisotopic (exact) mass is 363 g/mol. The van der Waals surface area contributed by atoms with Crippen LogP contribution in [-0.2, 0) is 23.9 Å². The number of amides is 1. The van der Waals surface area contributed by atoms with Crippen LogP contribution >= 0.6 is 15.9 Å². The summed E-state index contributed by atoms with van der Waals surface area (Å²) < 4.78 is 9.89. The highest BCUT2D eigenvalue weighted by Gasteiger charge is 2.49. The second kappa shape index (κ2) is 10.4. The number of allylic oxidation sites excluding steroid dienone is 2. The fourth-order valence-corrected chi connectivity index (χ4v) is 2.01. The quantitative estimate of drug-likeness (QED) is 0.292. The summed E-state index contributed by atoms with van der Waals surface area (Å²) in [6.07, 6.45) is 4.15. The third-order valence-electron chi connectivity index (χ3n) is 2.58. The molecule has 0 aromatic heterocycles. The first-order valence-electron chi connectivity index (χ1n) is 6.78. The average Bonchev–Trinajstić information content (AvgIpc) is 2.42. The van der Waals surface area contributed by atoms with E-state index < -0.39 is 23.4 Å². The molecule has 0 bridgehead atoms. The molecule has 0 spiro atoms. The Bertz CT molecular complexity index is 377. The van der Waals surface area contributed by atoms with Crippen molar-refractivity contribution in [1.82, 2.24) is 5.32 Å². The van der Waals surface area contributed by atoms with Gasteiger partial charge in [-0.3, -0.25) is 4.79 Å². The molecule has 1 amide bonds.